The van der Waals surface area contributed by atoms with E-state index >= 15 is 4.39 Å². The number of nitrogens with zero attached hydrogens (tertiary/aromatic N) is 3. The molecule has 12 heteroatoms. The lowest BCUT2D eigenvalue weighted by Gasteiger charge is -2.35. The predicted octanol–water partition coefficient (Wildman–Crippen LogP) is 4.99. The van der Waals surface area contributed by atoms with Gasteiger partial charge in [-0.25, -0.2) is 26.9 Å². The van der Waals surface area contributed by atoms with Gasteiger partial charge in [0.05, 0.1) is 11.3 Å². The van der Waals surface area contributed by atoms with Gasteiger partial charge < -0.3 is 15.0 Å². The Kier molecular flexibility index (Phi) is 8.76. The van der Waals surface area contributed by atoms with Gasteiger partial charge in [0.1, 0.15) is 11.4 Å². The minimum Gasteiger partial charge on any atom is -0.464 e. The molecular weight excluding hydrogens is 503 g/mol. The molecule has 6 nitrogen and oxygen atoms in total. The third kappa shape index (κ3) is 6.90. The highest BCUT2D eigenvalue weighted by Gasteiger charge is 2.36. The Hall–Kier alpha value is -2.34. The maximum absolute atomic E-state index is 15.5. The van der Waals surface area contributed by atoms with E-state index in [1.54, 1.807) is 0 Å². The van der Waals surface area contributed by atoms with E-state index in [0.717, 1.165) is 17.1 Å². The molecule has 1 amide bonds. The van der Waals surface area contributed by atoms with Crippen LogP contribution in [0.15, 0.2) is 18.3 Å². The number of hydrogen-bond acceptors (Lipinski definition) is 6. The zero-order valence-electron chi connectivity index (χ0n) is 19.7. The van der Waals surface area contributed by atoms with Gasteiger partial charge in [-0.1, -0.05) is 11.3 Å². The summed E-state index contributed by atoms with van der Waals surface area (Å²) in [5.41, 5.74) is -1.18. The van der Waals surface area contributed by atoms with E-state index in [1.807, 2.05) is 0 Å². The molecule has 3 heterocycles. The molecule has 0 radical (unpaired) electrons. The number of aromatic nitrogens is 2. The number of ether oxygens (including phenoxy) is 1. The highest BCUT2D eigenvalue weighted by atomic mass is 32.1. The molecule has 0 spiro atoms. The smallest absolute Gasteiger partial charge is 0.281 e. The zero-order valence-corrected chi connectivity index (χ0v) is 20.5. The molecule has 4 rings (SSSR count). The molecule has 1 aliphatic heterocycles. The molecule has 0 atom stereocenters. The largest absolute Gasteiger partial charge is 0.464 e. The van der Waals surface area contributed by atoms with Crippen LogP contribution in [0.25, 0.3) is 0 Å². The van der Waals surface area contributed by atoms with Crippen LogP contribution >= 0.6 is 11.3 Å². The second-order valence-electron chi connectivity index (χ2n) is 9.28. The first-order valence-electron chi connectivity index (χ1n) is 12.1. The van der Waals surface area contributed by atoms with Gasteiger partial charge in [0, 0.05) is 43.2 Å². The number of carbonyl (C=O) groups is 1. The second kappa shape index (κ2) is 11.8. The Bertz CT molecular complexity index is 1000. The summed E-state index contributed by atoms with van der Waals surface area (Å²) in [5.74, 6) is -0.608. The first-order chi connectivity index (χ1) is 17.2. The van der Waals surface area contributed by atoms with E-state index in [-0.39, 0.29) is 16.8 Å². The minimum absolute atomic E-state index is 0.151. The van der Waals surface area contributed by atoms with E-state index in [1.165, 1.54) is 29.7 Å². The molecule has 2 aromatic rings. The summed E-state index contributed by atoms with van der Waals surface area (Å²) in [7, 11) is 0. The van der Waals surface area contributed by atoms with Crippen molar-refractivity contribution in [2.45, 2.75) is 69.5 Å². The fraction of sp³-hybridized carbons (Fsp3) is 0.625. The van der Waals surface area contributed by atoms with Crippen molar-refractivity contribution in [2.24, 2.45) is 0 Å². The van der Waals surface area contributed by atoms with Crippen LogP contribution in [0, 0.1) is 0 Å². The number of thiazole rings is 1. The van der Waals surface area contributed by atoms with Gasteiger partial charge in [-0.15, -0.1) is 0 Å². The van der Waals surface area contributed by atoms with Crippen LogP contribution in [-0.2, 0) is 12.8 Å². The number of pyridine rings is 1. The molecule has 2 aliphatic rings. The number of halogens is 5. The maximum Gasteiger partial charge on any atom is 0.281 e. The summed E-state index contributed by atoms with van der Waals surface area (Å²) >= 11 is 1.30. The van der Waals surface area contributed by atoms with Crippen LogP contribution in [0.1, 0.15) is 65.2 Å². The van der Waals surface area contributed by atoms with E-state index < -0.39 is 36.7 Å². The van der Waals surface area contributed by atoms with Crippen LogP contribution in [0.4, 0.5) is 22.0 Å². The van der Waals surface area contributed by atoms with Gasteiger partial charge in [-0.3, -0.25) is 9.78 Å². The fourth-order valence-corrected chi connectivity index (χ4v) is 5.69. The number of rotatable bonds is 9. The zero-order chi connectivity index (χ0) is 25.7. The molecule has 1 N–H and O–H groups in total. The normalized spacial score (nSPS) is 22.9. The molecule has 0 aromatic carbocycles. The van der Waals surface area contributed by atoms with Crippen LogP contribution in [0.5, 0.6) is 5.19 Å². The average Bonchev–Trinajstić information content (AvgIpc) is 3.15. The third-order valence-electron chi connectivity index (χ3n) is 6.79. The molecular formula is C24H29F5N4O2S. The molecule has 1 saturated carbocycles. The van der Waals surface area contributed by atoms with Gasteiger partial charge in [0.15, 0.2) is 6.61 Å². The third-order valence-corrected chi connectivity index (χ3v) is 7.86. The van der Waals surface area contributed by atoms with Gasteiger partial charge in [0.25, 0.3) is 24.0 Å². The number of alkyl halides is 5. The Morgan fingerprint density at radius 1 is 1.22 bits per heavy atom. The summed E-state index contributed by atoms with van der Waals surface area (Å²) in [6.45, 7) is 1.36. The van der Waals surface area contributed by atoms with Crippen LogP contribution in [0.3, 0.4) is 0 Å². The van der Waals surface area contributed by atoms with Gasteiger partial charge in [0.2, 0.25) is 0 Å². The Balaban J connectivity index is 1.21. The van der Waals surface area contributed by atoms with Gasteiger partial charge >= 0.3 is 0 Å². The molecule has 0 bridgehead atoms. The minimum atomic E-state index is -2.85. The van der Waals surface area contributed by atoms with Crippen LogP contribution in [0.2, 0.25) is 0 Å². The average molecular weight is 533 g/mol. The molecule has 1 fully saturated rings. The quantitative estimate of drug-likeness (QED) is 0.461. The van der Waals surface area contributed by atoms with Crippen molar-refractivity contribution in [1.82, 2.24) is 20.2 Å². The van der Waals surface area contributed by atoms with Crippen molar-refractivity contribution in [2.75, 3.05) is 26.2 Å². The van der Waals surface area contributed by atoms with E-state index in [9.17, 15) is 22.4 Å². The lowest BCUT2D eigenvalue weighted by molar-refractivity contribution is 0.0642. The number of nitrogens with one attached hydrogen (secondary N) is 1. The van der Waals surface area contributed by atoms with Crippen molar-refractivity contribution in [3.63, 3.8) is 0 Å². The first kappa shape index (κ1) is 26.7. The van der Waals surface area contributed by atoms with E-state index in [4.69, 9.17) is 4.74 Å². The lowest BCUT2D eigenvalue weighted by Crippen LogP contribution is -2.43. The monoisotopic (exact) mass is 532 g/mol. The summed E-state index contributed by atoms with van der Waals surface area (Å²) < 4.78 is 71.5. The van der Waals surface area contributed by atoms with E-state index in [0.29, 0.717) is 58.0 Å². The summed E-state index contributed by atoms with van der Waals surface area (Å²) in [6, 6.07) is 2.49. The molecule has 2 aromatic heterocycles. The molecule has 36 heavy (non-hydrogen) atoms. The first-order valence-corrected chi connectivity index (χ1v) is 12.9. The Morgan fingerprint density at radius 3 is 2.69 bits per heavy atom. The SMILES string of the molecule is O=C(NC1CCC(F)(CCN2CCc3nc(OCC(F)F)sc3CC2)CC1)c1cccnc1C(F)F. The fourth-order valence-electron chi connectivity index (χ4n) is 4.74. The van der Waals surface area contributed by atoms with Crippen molar-refractivity contribution in [1.29, 1.82) is 0 Å². The highest BCUT2D eigenvalue weighted by Crippen LogP contribution is 2.36. The van der Waals surface area contributed by atoms with Gasteiger partial charge in [-0.2, -0.15) is 0 Å². The molecule has 0 unspecified atom stereocenters. The van der Waals surface area contributed by atoms with Crippen LogP contribution in [-0.4, -0.2) is 65.2 Å². The maximum atomic E-state index is 15.5. The van der Waals surface area contributed by atoms with Crippen LogP contribution < -0.4 is 10.1 Å². The van der Waals surface area contributed by atoms with Crippen molar-refractivity contribution in [3.8, 4) is 5.19 Å². The summed E-state index contributed by atoms with van der Waals surface area (Å²) in [6.07, 6.45) is -0.958. The number of carbonyl (C=O) groups excluding carboxylic acids is 1. The standard InChI is InChI=1S/C24H29F5N4O2S/c25-19(26)14-35-23-32-17-5-11-33(12-6-18(17)36-23)13-9-24(29)7-3-15(4-8-24)31-22(34)16-2-1-10-30-20(16)21(27)28/h1-2,10,15,19,21H,3-9,11-14H2,(H,31,34). The van der Waals surface area contributed by atoms with E-state index in [2.05, 4.69) is 20.2 Å². The number of fused-ring (bicyclic) bond motifs is 1. The molecule has 198 valence electrons. The Labute approximate surface area is 210 Å². The molecule has 0 saturated heterocycles. The summed E-state index contributed by atoms with van der Waals surface area (Å²) in [4.78, 5) is 23.6. The van der Waals surface area contributed by atoms with Crippen molar-refractivity contribution >= 4 is 17.2 Å². The number of amides is 1. The number of hydrogen-bond donors (Lipinski definition) is 1. The van der Waals surface area contributed by atoms with Gasteiger partial charge in [-0.05, 0) is 50.7 Å². The van der Waals surface area contributed by atoms with Crippen molar-refractivity contribution < 1.29 is 31.5 Å². The topological polar surface area (TPSA) is 67.4 Å². The summed E-state index contributed by atoms with van der Waals surface area (Å²) in [5, 5.41) is 3.03. The second-order valence-corrected chi connectivity index (χ2v) is 10.3. The predicted molar refractivity (Wildman–Crippen MR) is 125 cm³/mol. The lowest BCUT2D eigenvalue weighted by atomic mass is 9.81. The molecule has 1 aliphatic carbocycles. The van der Waals surface area contributed by atoms with Crippen molar-refractivity contribution in [3.05, 3.63) is 40.2 Å². The Morgan fingerprint density at radius 2 is 1.97 bits per heavy atom. The highest BCUT2D eigenvalue weighted by molar-refractivity contribution is 7.13.